The van der Waals surface area contributed by atoms with Gasteiger partial charge in [-0.05, 0) is 60.7 Å². The number of hydrogen-bond acceptors (Lipinski definition) is 4. The maximum absolute atomic E-state index is 14.1. The molecule has 0 saturated carbocycles. The van der Waals surface area contributed by atoms with Crippen molar-refractivity contribution in [2.75, 3.05) is 0 Å². The van der Waals surface area contributed by atoms with Crippen LogP contribution in [0.5, 0.6) is 5.75 Å². The molecule has 1 aliphatic rings. The summed E-state index contributed by atoms with van der Waals surface area (Å²) in [6.07, 6.45) is 5.10. The van der Waals surface area contributed by atoms with Gasteiger partial charge in [0.05, 0.1) is 23.1 Å². The Labute approximate surface area is 188 Å². The van der Waals surface area contributed by atoms with Crippen molar-refractivity contribution < 1.29 is 19.0 Å². The number of carboxylic acids is 1. The lowest BCUT2D eigenvalue weighted by Gasteiger charge is -2.15. The van der Waals surface area contributed by atoms with Gasteiger partial charge in [0.15, 0.2) is 5.69 Å². The molecule has 31 heavy (non-hydrogen) atoms. The summed E-state index contributed by atoms with van der Waals surface area (Å²) in [5.74, 6) is -1.05. The zero-order valence-corrected chi connectivity index (χ0v) is 17.8. The minimum absolute atomic E-state index is 0.0446. The first kappa shape index (κ1) is 21.3. The predicted octanol–water partition coefficient (Wildman–Crippen LogP) is 6.29. The third kappa shape index (κ3) is 4.55. The minimum Gasteiger partial charge on any atom is -0.488 e. The second-order valence-corrected chi connectivity index (χ2v) is 7.88. The maximum atomic E-state index is 14.1. The molecule has 2 aromatic carbocycles. The largest absolute Gasteiger partial charge is 0.488 e. The van der Waals surface area contributed by atoms with E-state index in [2.05, 4.69) is 9.97 Å². The van der Waals surface area contributed by atoms with Crippen LogP contribution in [0.3, 0.4) is 0 Å². The molecule has 0 amide bonds. The Morgan fingerprint density at radius 3 is 2.71 bits per heavy atom. The number of carboxylic acid groups (broad SMARTS) is 1. The summed E-state index contributed by atoms with van der Waals surface area (Å²) in [5, 5.41) is 10.1. The molecule has 1 heterocycles. The molecule has 1 aliphatic carbocycles. The summed E-state index contributed by atoms with van der Waals surface area (Å²) in [5.41, 5.74) is 3.27. The van der Waals surface area contributed by atoms with Crippen molar-refractivity contribution in [3.63, 3.8) is 0 Å². The fourth-order valence-electron chi connectivity index (χ4n) is 3.62. The Hall–Kier alpha value is -2.96. The van der Waals surface area contributed by atoms with Crippen LogP contribution in [0, 0.1) is 5.82 Å². The van der Waals surface area contributed by atoms with Crippen LogP contribution in [0.1, 0.15) is 46.6 Å². The number of hydrogen-bond donors (Lipinski definition) is 1. The zero-order valence-electron chi connectivity index (χ0n) is 16.2. The molecule has 5 nitrogen and oxygen atoms in total. The lowest BCUT2D eigenvalue weighted by atomic mass is 9.99. The molecule has 3 aromatic rings. The predicted molar refractivity (Wildman–Crippen MR) is 117 cm³/mol. The van der Waals surface area contributed by atoms with Crippen LogP contribution in [-0.2, 0) is 6.61 Å². The maximum Gasteiger partial charge on any atom is 0.356 e. The van der Waals surface area contributed by atoms with Crippen LogP contribution in [0.2, 0.25) is 10.0 Å². The van der Waals surface area contributed by atoms with Gasteiger partial charge >= 0.3 is 5.97 Å². The SMILES string of the molecule is O=C(O)c1cncc(C2=C(c3cc(Cl)ccc3OCc3c(F)cccc3Cl)CCC2)n1. The average molecular weight is 459 g/mol. The van der Waals surface area contributed by atoms with Crippen molar-refractivity contribution >= 4 is 40.3 Å². The van der Waals surface area contributed by atoms with Gasteiger partial charge in [-0.1, -0.05) is 29.3 Å². The third-order valence-electron chi connectivity index (χ3n) is 5.08. The van der Waals surface area contributed by atoms with E-state index in [-0.39, 0.29) is 22.9 Å². The number of allylic oxidation sites excluding steroid dienone is 2. The molecule has 0 spiro atoms. The Morgan fingerprint density at radius 1 is 1.13 bits per heavy atom. The number of ether oxygens (including phenoxy) is 1. The van der Waals surface area contributed by atoms with Crippen molar-refractivity contribution in [1.82, 2.24) is 9.97 Å². The average Bonchev–Trinajstić information content (AvgIpc) is 3.24. The van der Waals surface area contributed by atoms with Crippen molar-refractivity contribution in [3.8, 4) is 5.75 Å². The van der Waals surface area contributed by atoms with E-state index in [0.717, 1.165) is 36.0 Å². The summed E-state index contributed by atoms with van der Waals surface area (Å²) in [6.45, 7) is -0.0446. The zero-order chi connectivity index (χ0) is 22.0. The van der Waals surface area contributed by atoms with Crippen molar-refractivity contribution in [2.24, 2.45) is 0 Å². The lowest BCUT2D eigenvalue weighted by molar-refractivity contribution is 0.0690. The third-order valence-corrected chi connectivity index (χ3v) is 5.67. The van der Waals surface area contributed by atoms with Gasteiger partial charge in [-0.2, -0.15) is 0 Å². The van der Waals surface area contributed by atoms with Gasteiger partial charge in [0.2, 0.25) is 0 Å². The van der Waals surface area contributed by atoms with E-state index in [0.29, 0.717) is 16.5 Å². The molecule has 0 aliphatic heterocycles. The molecule has 1 N–H and O–H groups in total. The second kappa shape index (κ2) is 9.04. The highest BCUT2D eigenvalue weighted by Gasteiger charge is 2.23. The van der Waals surface area contributed by atoms with E-state index >= 15 is 0 Å². The fourth-order valence-corrected chi connectivity index (χ4v) is 4.01. The Kier molecular flexibility index (Phi) is 6.20. The van der Waals surface area contributed by atoms with E-state index in [4.69, 9.17) is 27.9 Å². The molecule has 1 aromatic heterocycles. The Morgan fingerprint density at radius 2 is 1.94 bits per heavy atom. The summed E-state index contributed by atoms with van der Waals surface area (Å²) in [6, 6.07) is 9.70. The van der Waals surface area contributed by atoms with Gasteiger partial charge in [-0.15, -0.1) is 0 Å². The molecule has 0 unspecified atom stereocenters. The highest BCUT2D eigenvalue weighted by atomic mass is 35.5. The Bertz CT molecular complexity index is 1180. The number of nitrogens with zero attached hydrogens (tertiary/aromatic N) is 2. The smallest absolute Gasteiger partial charge is 0.356 e. The number of rotatable bonds is 6. The molecule has 0 radical (unpaired) electrons. The van der Waals surface area contributed by atoms with E-state index in [1.807, 2.05) is 0 Å². The van der Waals surface area contributed by atoms with Crippen LogP contribution in [0.4, 0.5) is 4.39 Å². The van der Waals surface area contributed by atoms with E-state index in [1.54, 1.807) is 30.5 Å². The van der Waals surface area contributed by atoms with Crippen LogP contribution in [0.25, 0.3) is 11.1 Å². The second-order valence-electron chi connectivity index (χ2n) is 7.03. The molecule has 158 valence electrons. The summed E-state index contributed by atoms with van der Waals surface area (Å²) in [4.78, 5) is 19.6. The van der Waals surface area contributed by atoms with E-state index in [9.17, 15) is 14.3 Å². The summed E-state index contributed by atoms with van der Waals surface area (Å²) in [7, 11) is 0. The molecule has 0 bridgehead atoms. The number of benzene rings is 2. The molecule has 0 saturated heterocycles. The Balaban J connectivity index is 1.73. The number of aromatic carboxylic acids is 1. The van der Waals surface area contributed by atoms with Gasteiger partial charge in [0.1, 0.15) is 18.2 Å². The van der Waals surface area contributed by atoms with Crippen molar-refractivity contribution in [1.29, 1.82) is 0 Å². The highest BCUT2D eigenvalue weighted by molar-refractivity contribution is 6.31. The molecular weight excluding hydrogens is 442 g/mol. The van der Waals surface area contributed by atoms with Crippen molar-refractivity contribution in [2.45, 2.75) is 25.9 Å². The highest BCUT2D eigenvalue weighted by Crippen LogP contribution is 2.43. The van der Waals surface area contributed by atoms with E-state index < -0.39 is 11.8 Å². The topological polar surface area (TPSA) is 72.3 Å². The number of aromatic nitrogens is 2. The molecule has 4 rings (SSSR count). The van der Waals surface area contributed by atoms with Crippen LogP contribution < -0.4 is 4.74 Å². The first-order valence-corrected chi connectivity index (χ1v) is 10.3. The first-order valence-electron chi connectivity index (χ1n) is 9.57. The number of carbonyl (C=O) groups is 1. The van der Waals surface area contributed by atoms with Crippen LogP contribution in [-0.4, -0.2) is 21.0 Å². The summed E-state index contributed by atoms with van der Waals surface area (Å²) >= 11 is 12.4. The minimum atomic E-state index is -1.14. The van der Waals surface area contributed by atoms with Gasteiger partial charge < -0.3 is 9.84 Å². The molecule has 8 heteroatoms. The summed E-state index contributed by atoms with van der Waals surface area (Å²) < 4.78 is 20.1. The monoisotopic (exact) mass is 458 g/mol. The lowest BCUT2D eigenvalue weighted by Crippen LogP contribution is -2.04. The van der Waals surface area contributed by atoms with Gasteiger partial charge in [-0.3, -0.25) is 4.98 Å². The standard InChI is InChI=1S/C23H17Cl2FN2O3/c24-13-7-8-22(31-12-17-18(25)5-2-6-19(17)26)16(9-13)14-3-1-4-15(14)20-10-27-11-21(28-20)23(29)30/h2,5-11H,1,3-4,12H2,(H,29,30). The van der Waals surface area contributed by atoms with Gasteiger partial charge in [0.25, 0.3) is 0 Å². The molecule has 0 fully saturated rings. The van der Waals surface area contributed by atoms with E-state index in [1.165, 1.54) is 18.3 Å². The molecule has 0 atom stereocenters. The number of halogens is 3. The first-order chi connectivity index (χ1) is 14.9. The quantitative estimate of drug-likeness (QED) is 0.469. The fraction of sp³-hybridized carbons (Fsp3) is 0.174. The molecular formula is C23H17Cl2FN2O3. The van der Waals surface area contributed by atoms with Gasteiger partial charge in [0, 0.05) is 16.1 Å². The normalized spacial score (nSPS) is 13.5. The van der Waals surface area contributed by atoms with Crippen molar-refractivity contribution in [3.05, 3.63) is 87.2 Å². The van der Waals surface area contributed by atoms with Crippen LogP contribution >= 0.6 is 23.2 Å². The van der Waals surface area contributed by atoms with Crippen LogP contribution in [0.15, 0.2) is 48.8 Å². The van der Waals surface area contributed by atoms with Gasteiger partial charge in [-0.25, -0.2) is 14.2 Å².